The summed E-state index contributed by atoms with van der Waals surface area (Å²) in [6.07, 6.45) is 0.354. The fourth-order valence-corrected chi connectivity index (χ4v) is 1.86. The lowest BCUT2D eigenvalue weighted by Crippen LogP contribution is -1.87. The van der Waals surface area contributed by atoms with Gasteiger partial charge in [-0.2, -0.15) is 5.26 Å². The van der Waals surface area contributed by atoms with Crippen LogP contribution in [-0.4, -0.2) is 9.97 Å². The molecular weight excluding hydrogens is 210 g/mol. The molecule has 0 spiro atoms. The van der Waals surface area contributed by atoms with E-state index < -0.39 is 0 Å². The maximum absolute atomic E-state index is 8.72. The molecule has 17 heavy (non-hydrogen) atoms. The van der Waals surface area contributed by atoms with Gasteiger partial charge in [-0.15, -0.1) is 0 Å². The number of aryl methyl sites for hydroxylation is 3. The number of nitrogens with one attached hydrogen (secondary N) is 1. The number of aromatic amines is 1. The number of hydrogen-bond donors (Lipinski definition) is 1. The Morgan fingerprint density at radius 2 is 2.06 bits per heavy atom. The molecule has 0 radical (unpaired) electrons. The van der Waals surface area contributed by atoms with E-state index in [1.807, 2.05) is 6.92 Å². The SMILES string of the molecule is Cc1ccc(C)c(-c2nc(CC#N)c(C)[nH]2)c1. The van der Waals surface area contributed by atoms with Crippen LogP contribution in [-0.2, 0) is 6.42 Å². The average molecular weight is 225 g/mol. The highest BCUT2D eigenvalue weighted by Gasteiger charge is 2.10. The van der Waals surface area contributed by atoms with Crippen LogP contribution >= 0.6 is 0 Å². The van der Waals surface area contributed by atoms with Gasteiger partial charge < -0.3 is 4.98 Å². The Balaban J connectivity index is 2.50. The molecule has 0 unspecified atom stereocenters. The molecule has 86 valence electrons. The van der Waals surface area contributed by atoms with E-state index in [1.165, 1.54) is 11.1 Å². The van der Waals surface area contributed by atoms with Crippen molar-refractivity contribution >= 4 is 0 Å². The summed E-state index contributed by atoms with van der Waals surface area (Å²) in [5.74, 6) is 0.856. The maximum Gasteiger partial charge on any atom is 0.138 e. The topological polar surface area (TPSA) is 52.5 Å². The van der Waals surface area contributed by atoms with Crippen molar-refractivity contribution in [3.8, 4) is 17.5 Å². The molecule has 2 aromatic rings. The van der Waals surface area contributed by atoms with E-state index in [0.29, 0.717) is 6.42 Å². The lowest BCUT2D eigenvalue weighted by molar-refractivity contribution is 1.12. The van der Waals surface area contributed by atoms with Crippen LogP contribution in [0.2, 0.25) is 0 Å². The van der Waals surface area contributed by atoms with Crippen molar-refractivity contribution in [2.45, 2.75) is 27.2 Å². The predicted octanol–water partition coefficient (Wildman–Crippen LogP) is 3.07. The molecule has 0 saturated carbocycles. The van der Waals surface area contributed by atoms with Gasteiger partial charge in [-0.05, 0) is 32.4 Å². The molecule has 0 aliphatic carbocycles. The van der Waals surface area contributed by atoms with Crippen LogP contribution in [0.3, 0.4) is 0 Å². The first-order valence-corrected chi connectivity index (χ1v) is 5.62. The number of rotatable bonds is 2. The first-order chi connectivity index (χ1) is 8.11. The van der Waals surface area contributed by atoms with E-state index in [1.54, 1.807) is 0 Å². The van der Waals surface area contributed by atoms with Crippen LogP contribution in [0.15, 0.2) is 18.2 Å². The molecule has 0 bridgehead atoms. The van der Waals surface area contributed by atoms with Crippen molar-refractivity contribution in [3.05, 3.63) is 40.7 Å². The Kier molecular flexibility index (Phi) is 2.97. The first-order valence-electron chi connectivity index (χ1n) is 5.62. The Morgan fingerprint density at radius 1 is 1.29 bits per heavy atom. The second kappa shape index (κ2) is 4.42. The molecule has 2 rings (SSSR count). The smallest absolute Gasteiger partial charge is 0.138 e. The summed E-state index contributed by atoms with van der Waals surface area (Å²) >= 11 is 0. The van der Waals surface area contributed by atoms with Crippen LogP contribution < -0.4 is 0 Å². The molecule has 3 heteroatoms. The summed E-state index contributed by atoms with van der Waals surface area (Å²) in [5.41, 5.74) is 5.32. The van der Waals surface area contributed by atoms with Gasteiger partial charge in [0.1, 0.15) is 5.82 Å². The number of imidazole rings is 1. The third kappa shape index (κ3) is 2.21. The predicted molar refractivity (Wildman–Crippen MR) is 67.6 cm³/mol. The molecule has 1 aromatic carbocycles. The van der Waals surface area contributed by atoms with Gasteiger partial charge >= 0.3 is 0 Å². The van der Waals surface area contributed by atoms with Crippen molar-refractivity contribution in [1.29, 1.82) is 5.26 Å². The number of hydrogen-bond acceptors (Lipinski definition) is 2. The van der Waals surface area contributed by atoms with E-state index in [4.69, 9.17) is 5.26 Å². The second-order valence-corrected chi connectivity index (χ2v) is 4.31. The molecule has 0 amide bonds. The summed E-state index contributed by atoms with van der Waals surface area (Å²) in [5, 5.41) is 8.72. The molecule has 1 aromatic heterocycles. The Morgan fingerprint density at radius 3 is 2.76 bits per heavy atom. The van der Waals surface area contributed by atoms with Crippen LogP contribution in [0.4, 0.5) is 0 Å². The highest BCUT2D eigenvalue weighted by Crippen LogP contribution is 2.23. The number of aromatic nitrogens is 2. The van der Waals surface area contributed by atoms with Gasteiger partial charge in [-0.3, -0.25) is 0 Å². The van der Waals surface area contributed by atoms with Crippen molar-refractivity contribution < 1.29 is 0 Å². The van der Waals surface area contributed by atoms with E-state index >= 15 is 0 Å². The largest absolute Gasteiger partial charge is 0.342 e. The molecule has 1 heterocycles. The summed E-state index contributed by atoms with van der Waals surface area (Å²) < 4.78 is 0. The van der Waals surface area contributed by atoms with Crippen LogP contribution in [0.5, 0.6) is 0 Å². The lowest BCUT2D eigenvalue weighted by atomic mass is 10.1. The molecule has 0 saturated heterocycles. The zero-order valence-corrected chi connectivity index (χ0v) is 10.3. The molecule has 3 nitrogen and oxygen atoms in total. The zero-order valence-electron chi connectivity index (χ0n) is 10.3. The van der Waals surface area contributed by atoms with Gasteiger partial charge in [0.2, 0.25) is 0 Å². The molecule has 0 fully saturated rings. The van der Waals surface area contributed by atoms with Gasteiger partial charge in [0.25, 0.3) is 0 Å². The summed E-state index contributed by atoms with van der Waals surface area (Å²) in [7, 11) is 0. The van der Waals surface area contributed by atoms with Crippen molar-refractivity contribution in [2.75, 3.05) is 0 Å². The van der Waals surface area contributed by atoms with Gasteiger partial charge in [0.05, 0.1) is 18.2 Å². The van der Waals surface area contributed by atoms with Crippen molar-refractivity contribution in [2.24, 2.45) is 0 Å². The fraction of sp³-hybridized carbons (Fsp3) is 0.286. The van der Waals surface area contributed by atoms with Gasteiger partial charge in [-0.1, -0.05) is 17.7 Å². The van der Waals surface area contributed by atoms with Gasteiger partial charge in [0.15, 0.2) is 0 Å². The highest BCUT2D eigenvalue weighted by molar-refractivity contribution is 5.61. The first kappa shape index (κ1) is 11.4. The van der Waals surface area contributed by atoms with Crippen LogP contribution in [0, 0.1) is 32.1 Å². The Bertz CT molecular complexity index is 588. The quantitative estimate of drug-likeness (QED) is 0.853. The summed E-state index contributed by atoms with van der Waals surface area (Å²) in [4.78, 5) is 7.75. The minimum atomic E-state index is 0.354. The number of nitriles is 1. The van der Waals surface area contributed by atoms with Crippen molar-refractivity contribution in [1.82, 2.24) is 9.97 Å². The maximum atomic E-state index is 8.72. The summed E-state index contributed by atoms with van der Waals surface area (Å²) in [6.45, 7) is 6.08. The minimum absolute atomic E-state index is 0.354. The number of benzene rings is 1. The standard InChI is InChI=1S/C14H15N3/c1-9-4-5-10(2)12(8-9)14-16-11(3)13(17-14)6-7-15/h4-5,8H,6H2,1-3H3,(H,16,17). The normalized spacial score (nSPS) is 10.2. The number of nitrogens with zero attached hydrogens (tertiary/aromatic N) is 2. The van der Waals surface area contributed by atoms with Gasteiger partial charge in [0, 0.05) is 11.3 Å². The summed E-state index contributed by atoms with van der Waals surface area (Å²) in [6, 6.07) is 8.43. The average Bonchev–Trinajstić information content (AvgIpc) is 2.64. The van der Waals surface area contributed by atoms with Crippen LogP contribution in [0.25, 0.3) is 11.4 Å². The fourth-order valence-electron chi connectivity index (χ4n) is 1.86. The zero-order chi connectivity index (χ0) is 12.4. The molecule has 0 atom stereocenters. The molecule has 0 aliphatic rings. The van der Waals surface area contributed by atoms with Gasteiger partial charge in [-0.25, -0.2) is 4.98 Å². The Hall–Kier alpha value is -2.08. The third-order valence-corrected chi connectivity index (χ3v) is 2.88. The monoisotopic (exact) mass is 225 g/mol. The van der Waals surface area contributed by atoms with E-state index in [2.05, 4.69) is 48.1 Å². The third-order valence-electron chi connectivity index (χ3n) is 2.88. The molecular formula is C14H15N3. The Labute approximate surface area is 101 Å². The number of H-pyrrole nitrogens is 1. The van der Waals surface area contributed by atoms with Crippen LogP contribution in [0.1, 0.15) is 22.5 Å². The molecule has 0 aliphatic heterocycles. The lowest BCUT2D eigenvalue weighted by Gasteiger charge is -2.03. The van der Waals surface area contributed by atoms with Crippen molar-refractivity contribution in [3.63, 3.8) is 0 Å². The van der Waals surface area contributed by atoms with E-state index in [0.717, 1.165) is 22.8 Å². The van der Waals surface area contributed by atoms with E-state index in [-0.39, 0.29) is 0 Å². The second-order valence-electron chi connectivity index (χ2n) is 4.31. The molecule has 1 N–H and O–H groups in total. The highest BCUT2D eigenvalue weighted by atomic mass is 14.9. The minimum Gasteiger partial charge on any atom is -0.342 e. The van der Waals surface area contributed by atoms with E-state index in [9.17, 15) is 0 Å².